The van der Waals surface area contributed by atoms with E-state index in [-0.39, 0.29) is 0 Å². The number of para-hydroxylation sites is 1. The number of fused-ring (bicyclic) bond motifs is 3. The van der Waals surface area contributed by atoms with Crippen LogP contribution in [-0.2, 0) is 0 Å². The second-order valence-electron chi connectivity index (χ2n) is 7.53. The summed E-state index contributed by atoms with van der Waals surface area (Å²) in [6.07, 6.45) is 0. The average Bonchev–Trinajstić information content (AvgIpc) is 3.12. The van der Waals surface area contributed by atoms with E-state index < -0.39 is 0 Å². The number of hydrogen-bond donors (Lipinski definition) is 0. The molecule has 5 rings (SSSR count). The number of hydrogen-bond acceptors (Lipinski definition) is 5. The largest absolute Gasteiger partial charge is 0.368 e. The maximum atomic E-state index is 4.98. The molecule has 0 radical (unpaired) electrons. The fourth-order valence-electron chi connectivity index (χ4n) is 4.13. The summed E-state index contributed by atoms with van der Waals surface area (Å²) in [7, 11) is 0. The van der Waals surface area contributed by atoms with Crippen molar-refractivity contribution >= 4 is 28.2 Å². The molecule has 142 valence electrons. The lowest BCUT2D eigenvalue weighted by atomic mass is 10.1. The Kier molecular flexibility index (Phi) is 3.93. The Bertz CT molecular complexity index is 1170. The second kappa shape index (κ2) is 6.48. The quantitative estimate of drug-likeness (QED) is 0.539. The maximum Gasteiger partial charge on any atom is 0.213 e. The monoisotopic (exact) mass is 372 g/mol. The van der Waals surface area contributed by atoms with Crippen LogP contribution < -0.4 is 9.80 Å². The molecule has 6 heteroatoms. The summed E-state index contributed by atoms with van der Waals surface area (Å²) >= 11 is 0. The van der Waals surface area contributed by atoms with Gasteiger partial charge < -0.3 is 9.80 Å². The molecule has 6 nitrogen and oxygen atoms in total. The summed E-state index contributed by atoms with van der Waals surface area (Å²) in [5.74, 6) is 1.82. The van der Waals surface area contributed by atoms with Crippen molar-refractivity contribution in [1.82, 2.24) is 19.6 Å². The first-order chi connectivity index (χ1) is 13.6. The third kappa shape index (κ3) is 2.59. The highest BCUT2D eigenvalue weighted by Gasteiger charge is 2.23. The summed E-state index contributed by atoms with van der Waals surface area (Å²) in [5.41, 5.74) is 5.91. The Hall–Kier alpha value is -3.15. The van der Waals surface area contributed by atoms with E-state index in [0.29, 0.717) is 0 Å². The van der Waals surface area contributed by atoms with Gasteiger partial charge in [0.25, 0.3) is 0 Å². The van der Waals surface area contributed by atoms with Gasteiger partial charge in [-0.05, 0) is 50.1 Å². The zero-order valence-electron chi connectivity index (χ0n) is 16.6. The maximum absolute atomic E-state index is 4.98. The van der Waals surface area contributed by atoms with Crippen LogP contribution in [0.2, 0.25) is 0 Å². The predicted molar refractivity (Wildman–Crippen MR) is 113 cm³/mol. The molecule has 2 aromatic heterocycles. The van der Waals surface area contributed by atoms with Gasteiger partial charge in [0.2, 0.25) is 5.95 Å². The molecule has 3 heterocycles. The van der Waals surface area contributed by atoms with Crippen molar-refractivity contribution in [2.75, 3.05) is 36.0 Å². The number of anilines is 2. The molecule has 0 bridgehead atoms. The molecule has 1 fully saturated rings. The van der Waals surface area contributed by atoms with Crippen LogP contribution in [0.25, 0.3) is 16.6 Å². The highest BCUT2D eigenvalue weighted by Crippen LogP contribution is 2.27. The number of benzene rings is 2. The number of aryl methyl sites for hydroxylation is 2. The lowest BCUT2D eigenvalue weighted by Gasteiger charge is -2.37. The molecular weight excluding hydrogens is 348 g/mol. The van der Waals surface area contributed by atoms with Crippen molar-refractivity contribution in [3.05, 3.63) is 59.4 Å². The van der Waals surface area contributed by atoms with Crippen molar-refractivity contribution in [2.45, 2.75) is 20.8 Å². The zero-order valence-corrected chi connectivity index (χ0v) is 16.6. The smallest absolute Gasteiger partial charge is 0.213 e. The first-order valence-electron chi connectivity index (χ1n) is 9.80. The molecule has 1 aliphatic rings. The SMILES string of the molecule is Cc1cccc(N2CCN(c3nc4ccccc4c4nnc(C)n34)CC2)c1C. The van der Waals surface area contributed by atoms with E-state index in [1.807, 2.05) is 19.1 Å². The highest BCUT2D eigenvalue weighted by molar-refractivity contribution is 5.92. The molecule has 0 amide bonds. The second-order valence-corrected chi connectivity index (χ2v) is 7.53. The summed E-state index contributed by atoms with van der Waals surface area (Å²) in [6.45, 7) is 10.2. The first-order valence-corrected chi connectivity index (χ1v) is 9.80. The van der Waals surface area contributed by atoms with Crippen LogP contribution >= 0.6 is 0 Å². The minimum Gasteiger partial charge on any atom is -0.368 e. The van der Waals surface area contributed by atoms with Gasteiger partial charge in [-0.2, -0.15) is 0 Å². The molecule has 0 atom stereocenters. The van der Waals surface area contributed by atoms with E-state index in [1.165, 1.54) is 16.8 Å². The zero-order chi connectivity index (χ0) is 19.3. The van der Waals surface area contributed by atoms with E-state index in [0.717, 1.165) is 54.5 Å². The number of aromatic nitrogens is 4. The Morgan fingerprint density at radius 2 is 1.54 bits per heavy atom. The number of rotatable bonds is 2. The van der Waals surface area contributed by atoms with Crippen LogP contribution in [0.3, 0.4) is 0 Å². The van der Waals surface area contributed by atoms with E-state index >= 15 is 0 Å². The van der Waals surface area contributed by atoms with Crippen molar-refractivity contribution in [2.24, 2.45) is 0 Å². The van der Waals surface area contributed by atoms with Crippen molar-refractivity contribution < 1.29 is 0 Å². The van der Waals surface area contributed by atoms with Gasteiger partial charge in [0.15, 0.2) is 5.65 Å². The third-order valence-corrected chi connectivity index (χ3v) is 5.87. The molecule has 4 aromatic rings. The molecule has 0 unspecified atom stereocenters. The Labute approximate surface area is 164 Å². The summed E-state index contributed by atoms with van der Waals surface area (Å²) in [5, 5.41) is 9.79. The van der Waals surface area contributed by atoms with Gasteiger partial charge in [0.05, 0.1) is 5.52 Å². The average molecular weight is 372 g/mol. The standard InChI is InChI=1S/C22H24N6/c1-15-7-6-10-20(16(15)2)26-11-13-27(14-12-26)22-23-19-9-5-4-8-18(19)21-25-24-17(3)28(21)22/h4-10H,11-14H2,1-3H3. The third-order valence-electron chi connectivity index (χ3n) is 5.87. The molecule has 1 aliphatic heterocycles. The van der Waals surface area contributed by atoms with Crippen LogP contribution in [0.4, 0.5) is 11.6 Å². The first kappa shape index (κ1) is 17.0. The van der Waals surface area contributed by atoms with Gasteiger partial charge >= 0.3 is 0 Å². The fraction of sp³-hybridized carbons (Fsp3) is 0.318. The van der Waals surface area contributed by atoms with Crippen molar-refractivity contribution in [3.8, 4) is 0 Å². The van der Waals surface area contributed by atoms with Crippen LogP contribution in [0.15, 0.2) is 42.5 Å². The van der Waals surface area contributed by atoms with Gasteiger partial charge in [0.1, 0.15) is 5.82 Å². The van der Waals surface area contributed by atoms with E-state index in [9.17, 15) is 0 Å². The van der Waals surface area contributed by atoms with Gasteiger partial charge in [0, 0.05) is 37.3 Å². The van der Waals surface area contributed by atoms with Crippen LogP contribution in [0, 0.1) is 20.8 Å². The number of nitrogens with zero attached hydrogens (tertiary/aromatic N) is 6. The van der Waals surface area contributed by atoms with E-state index in [4.69, 9.17) is 4.98 Å². The molecule has 0 spiro atoms. The normalized spacial score (nSPS) is 15.0. The van der Waals surface area contributed by atoms with E-state index in [2.05, 4.69) is 68.6 Å². The molecule has 0 N–H and O–H groups in total. The van der Waals surface area contributed by atoms with Gasteiger partial charge in [-0.3, -0.25) is 0 Å². The Morgan fingerprint density at radius 3 is 2.36 bits per heavy atom. The molecular formula is C22H24N6. The molecule has 28 heavy (non-hydrogen) atoms. The van der Waals surface area contributed by atoms with Gasteiger partial charge in [-0.15, -0.1) is 10.2 Å². The predicted octanol–water partition coefficient (Wildman–Crippen LogP) is 3.53. The molecule has 1 saturated heterocycles. The molecule has 0 saturated carbocycles. The molecule has 0 aliphatic carbocycles. The van der Waals surface area contributed by atoms with Crippen molar-refractivity contribution in [3.63, 3.8) is 0 Å². The summed E-state index contributed by atoms with van der Waals surface area (Å²) in [4.78, 5) is 9.82. The topological polar surface area (TPSA) is 49.6 Å². The molecule has 2 aromatic carbocycles. The van der Waals surface area contributed by atoms with Crippen LogP contribution in [-0.4, -0.2) is 45.8 Å². The minimum absolute atomic E-state index is 0.875. The number of piperazine rings is 1. The van der Waals surface area contributed by atoms with Gasteiger partial charge in [-0.1, -0.05) is 24.3 Å². The summed E-state index contributed by atoms with van der Waals surface area (Å²) < 4.78 is 2.09. The van der Waals surface area contributed by atoms with E-state index in [1.54, 1.807) is 0 Å². The Morgan fingerprint density at radius 1 is 0.786 bits per heavy atom. The van der Waals surface area contributed by atoms with Crippen LogP contribution in [0.5, 0.6) is 0 Å². The van der Waals surface area contributed by atoms with Crippen molar-refractivity contribution in [1.29, 1.82) is 0 Å². The lowest BCUT2D eigenvalue weighted by Crippen LogP contribution is -2.47. The van der Waals surface area contributed by atoms with Crippen LogP contribution in [0.1, 0.15) is 17.0 Å². The van der Waals surface area contributed by atoms with Gasteiger partial charge in [-0.25, -0.2) is 9.38 Å². The highest BCUT2D eigenvalue weighted by atomic mass is 15.4. The lowest BCUT2D eigenvalue weighted by molar-refractivity contribution is 0.635. The Balaban J connectivity index is 1.50. The fourth-order valence-corrected chi connectivity index (χ4v) is 4.13. The summed E-state index contributed by atoms with van der Waals surface area (Å²) in [6, 6.07) is 14.7. The minimum atomic E-state index is 0.875.